The minimum absolute atomic E-state index is 0.645. The van der Waals surface area contributed by atoms with Gasteiger partial charge >= 0.3 is 0 Å². The molecular weight excluding hydrogens is 184 g/mol. The molecule has 0 spiro atoms. The maximum atomic E-state index is 3.63. The molecule has 0 bridgehead atoms. The molecule has 2 saturated carbocycles. The van der Waals surface area contributed by atoms with Crippen molar-refractivity contribution in [2.24, 2.45) is 5.92 Å². The fraction of sp³-hybridized carbons (Fsp3) is 1.00. The summed E-state index contributed by atoms with van der Waals surface area (Å²) in [5.74, 6) is 1.03. The zero-order valence-electron chi connectivity index (χ0n) is 10.1. The maximum absolute atomic E-state index is 3.63. The van der Waals surface area contributed by atoms with Gasteiger partial charge in [-0.15, -0.1) is 0 Å². The topological polar surface area (TPSA) is 24.1 Å². The molecule has 0 saturated heterocycles. The van der Waals surface area contributed by atoms with Crippen molar-refractivity contribution >= 4 is 0 Å². The van der Waals surface area contributed by atoms with Gasteiger partial charge in [0.1, 0.15) is 0 Å². The van der Waals surface area contributed by atoms with Crippen molar-refractivity contribution in [2.75, 3.05) is 13.1 Å². The molecule has 88 valence electrons. The standard InChI is InChI=1S/C13H26N2/c1-11(10-15-13-6-7-13)14-9-8-12-4-2-3-5-12/h11-15H,2-10H2,1H3. The number of hydrogen-bond donors (Lipinski definition) is 2. The molecule has 0 aromatic carbocycles. The molecule has 2 rings (SSSR count). The predicted octanol–water partition coefficient (Wildman–Crippen LogP) is 2.30. The normalized spacial score (nSPS) is 24.6. The van der Waals surface area contributed by atoms with Crippen molar-refractivity contribution in [3.63, 3.8) is 0 Å². The summed E-state index contributed by atoms with van der Waals surface area (Å²) in [6.07, 6.45) is 10.1. The summed E-state index contributed by atoms with van der Waals surface area (Å²) >= 11 is 0. The lowest BCUT2D eigenvalue weighted by Crippen LogP contribution is -2.37. The van der Waals surface area contributed by atoms with Gasteiger partial charge in [-0.3, -0.25) is 0 Å². The number of rotatable bonds is 7. The van der Waals surface area contributed by atoms with Crippen molar-refractivity contribution in [2.45, 2.75) is 64.0 Å². The van der Waals surface area contributed by atoms with Crippen LogP contribution in [0.1, 0.15) is 51.9 Å². The van der Waals surface area contributed by atoms with Crippen molar-refractivity contribution < 1.29 is 0 Å². The van der Waals surface area contributed by atoms with E-state index in [4.69, 9.17) is 0 Å². The van der Waals surface area contributed by atoms with E-state index in [1.54, 1.807) is 0 Å². The van der Waals surface area contributed by atoms with Crippen LogP contribution in [-0.2, 0) is 0 Å². The van der Waals surface area contributed by atoms with Gasteiger partial charge in [0.05, 0.1) is 0 Å². The molecule has 0 aromatic rings. The lowest BCUT2D eigenvalue weighted by molar-refractivity contribution is 0.437. The summed E-state index contributed by atoms with van der Waals surface area (Å²) in [6, 6.07) is 1.50. The summed E-state index contributed by atoms with van der Waals surface area (Å²) in [4.78, 5) is 0. The lowest BCUT2D eigenvalue weighted by Gasteiger charge is -2.16. The quantitative estimate of drug-likeness (QED) is 0.674. The van der Waals surface area contributed by atoms with Gasteiger partial charge in [-0.2, -0.15) is 0 Å². The monoisotopic (exact) mass is 210 g/mol. The first-order valence-corrected chi connectivity index (χ1v) is 6.81. The summed E-state index contributed by atoms with van der Waals surface area (Å²) in [5, 5.41) is 7.20. The molecule has 0 aromatic heterocycles. The lowest BCUT2D eigenvalue weighted by atomic mass is 10.0. The Hall–Kier alpha value is -0.0800. The van der Waals surface area contributed by atoms with Crippen LogP contribution in [0.5, 0.6) is 0 Å². The first-order valence-electron chi connectivity index (χ1n) is 6.81. The van der Waals surface area contributed by atoms with Crippen LogP contribution in [0.4, 0.5) is 0 Å². The number of nitrogens with one attached hydrogen (secondary N) is 2. The third-order valence-corrected chi connectivity index (χ3v) is 3.81. The number of hydrogen-bond acceptors (Lipinski definition) is 2. The highest BCUT2D eigenvalue weighted by Gasteiger charge is 2.20. The molecular formula is C13H26N2. The molecule has 2 nitrogen and oxygen atoms in total. The van der Waals surface area contributed by atoms with Crippen LogP contribution < -0.4 is 10.6 Å². The fourth-order valence-electron chi connectivity index (χ4n) is 2.54. The SMILES string of the molecule is CC(CNC1CC1)NCCC1CCCC1. The Kier molecular flexibility index (Phi) is 4.45. The summed E-state index contributed by atoms with van der Waals surface area (Å²) in [5.41, 5.74) is 0. The van der Waals surface area contributed by atoms with Crippen LogP contribution in [0.15, 0.2) is 0 Å². The van der Waals surface area contributed by atoms with Crippen molar-refractivity contribution in [3.05, 3.63) is 0 Å². The van der Waals surface area contributed by atoms with Gasteiger partial charge in [0.2, 0.25) is 0 Å². The van der Waals surface area contributed by atoms with E-state index >= 15 is 0 Å². The molecule has 2 fully saturated rings. The molecule has 2 aliphatic rings. The van der Waals surface area contributed by atoms with E-state index in [1.165, 1.54) is 51.5 Å². The van der Waals surface area contributed by atoms with Gasteiger partial charge in [0.25, 0.3) is 0 Å². The second-order valence-electron chi connectivity index (χ2n) is 5.48. The largest absolute Gasteiger partial charge is 0.313 e. The van der Waals surface area contributed by atoms with E-state index in [0.717, 1.165) is 18.5 Å². The molecule has 2 N–H and O–H groups in total. The van der Waals surface area contributed by atoms with Crippen LogP contribution >= 0.6 is 0 Å². The summed E-state index contributed by atoms with van der Waals surface area (Å²) in [7, 11) is 0. The van der Waals surface area contributed by atoms with Crippen molar-refractivity contribution in [1.82, 2.24) is 10.6 Å². The van der Waals surface area contributed by atoms with E-state index in [-0.39, 0.29) is 0 Å². The third-order valence-electron chi connectivity index (χ3n) is 3.81. The zero-order valence-corrected chi connectivity index (χ0v) is 10.1. The Morgan fingerprint density at radius 3 is 2.53 bits per heavy atom. The van der Waals surface area contributed by atoms with Gasteiger partial charge in [0.15, 0.2) is 0 Å². The highest BCUT2D eigenvalue weighted by atomic mass is 15.0. The second-order valence-corrected chi connectivity index (χ2v) is 5.48. The first kappa shape index (κ1) is 11.4. The zero-order chi connectivity index (χ0) is 10.5. The maximum Gasteiger partial charge on any atom is 0.0164 e. The van der Waals surface area contributed by atoms with Gasteiger partial charge in [-0.25, -0.2) is 0 Å². The second kappa shape index (κ2) is 5.86. The van der Waals surface area contributed by atoms with Crippen LogP contribution in [0.25, 0.3) is 0 Å². The molecule has 2 aliphatic carbocycles. The molecule has 15 heavy (non-hydrogen) atoms. The van der Waals surface area contributed by atoms with Crippen LogP contribution in [0.3, 0.4) is 0 Å². The van der Waals surface area contributed by atoms with Crippen LogP contribution in [-0.4, -0.2) is 25.2 Å². The molecule has 1 atom stereocenters. The van der Waals surface area contributed by atoms with E-state index in [0.29, 0.717) is 6.04 Å². The van der Waals surface area contributed by atoms with Gasteiger partial charge in [-0.05, 0) is 38.6 Å². The van der Waals surface area contributed by atoms with Crippen LogP contribution in [0, 0.1) is 5.92 Å². The Labute approximate surface area is 94.2 Å². The molecule has 1 unspecified atom stereocenters. The summed E-state index contributed by atoms with van der Waals surface area (Å²) in [6.45, 7) is 4.66. The minimum atomic E-state index is 0.645. The van der Waals surface area contributed by atoms with Gasteiger partial charge in [0, 0.05) is 18.6 Å². The highest BCUT2D eigenvalue weighted by Crippen LogP contribution is 2.26. The Morgan fingerprint density at radius 2 is 1.87 bits per heavy atom. The summed E-state index contributed by atoms with van der Waals surface area (Å²) < 4.78 is 0. The first-order chi connectivity index (χ1) is 7.34. The molecule has 0 amide bonds. The highest BCUT2D eigenvalue weighted by molar-refractivity contribution is 4.82. The molecule has 0 radical (unpaired) electrons. The molecule has 2 heteroatoms. The Balaban J connectivity index is 1.44. The van der Waals surface area contributed by atoms with Crippen molar-refractivity contribution in [1.29, 1.82) is 0 Å². The molecule has 0 aliphatic heterocycles. The average molecular weight is 210 g/mol. The fourth-order valence-corrected chi connectivity index (χ4v) is 2.54. The predicted molar refractivity (Wildman–Crippen MR) is 65.1 cm³/mol. The molecule has 0 heterocycles. The van der Waals surface area contributed by atoms with Gasteiger partial charge < -0.3 is 10.6 Å². The van der Waals surface area contributed by atoms with Crippen molar-refractivity contribution in [3.8, 4) is 0 Å². The van der Waals surface area contributed by atoms with E-state index in [9.17, 15) is 0 Å². The minimum Gasteiger partial charge on any atom is -0.313 e. The van der Waals surface area contributed by atoms with Gasteiger partial charge in [-0.1, -0.05) is 25.7 Å². The van der Waals surface area contributed by atoms with Crippen LogP contribution in [0.2, 0.25) is 0 Å². The third kappa shape index (κ3) is 4.52. The van der Waals surface area contributed by atoms with E-state index in [2.05, 4.69) is 17.6 Å². The Bertz CT molecular complexity index is 171. The Morgan fingerprint density at radius 1 is 1.13 bits per heavy atom. The average Bonchev–Trinajstić information content (AvgIpc) is 2.92. The smallest absolute Gasteiger partial charge is 0.0164 e. The van der Waals surface area contributed by atoms with E-state index < -0.39 is 0 Å². The van der Waals surface area contributed by atoms with E-state index in [1.807, 2.05) is 0 Å².